The fourth-order valence-electron chi connectivity index (χ4n) is 1.24. The molecule has 0 saturated heterocycles. The molecule has 0 aliphatic carbocycles. The van der Waals surface area contributed by atoms with Gasteiger partial charge in [0.05, 0.1) is 12.8 Å². The number of nitrogens with zero attached hydrogens (tertiary/aromatic N) is 1. The molecule has 5 nitrogen and oxygen atoms in total. The van der Waals surface area contributed by atoms with Gasteiger partial charge in [-0.1, -0.05) is 6.92 Å². The molecular weight excluding hydrogens is 220 g/mol. The summed E-state index contributed by atoms with van der Waals surface area (Å²) in [4.78, 5) is 11.2. The summed E-state index contributed by atoms with van der Waals surface area (Å²) in [6.45, 7) is 4.08. The van der Waals surface area contributed by atoms with Crippen LogP contribution in [-0.2, 0) is 4.79 Å². The van der Waals surface area contributed by atoms with Crippen molar-refractivity contribution in [2.75, 3.05) is 6.61 Å². The van der Waals surface area contributed by atoms with Crippen LogP contribution in [0.5, 0.6) is 11.5 Å². The van der Waals surface area contributed by atoms with E-state index in [2.05, 4.69) is 5.10 Å². The first kappa shape index (κ1) is 13.0. The fraction of sp³-hybridized carbons (Fsp3) is 0.333. The normalized spacial score (nSPS) is 10.5. The molecule has 2 N–H and O–H groups in total. The van der Waals surface area contributed by atoms with E-state index in [-0.39, 0.29) is 5.97 Å². The Hall–Kier alpha value is -2.04. The number of esters is 1. The number of carbonyl (C=O) groups excluding carboxylic acids is 1. The van der Waals surface area contributed by atoms with Crippen LogP contribution in [0.15, 0.2) is 23.3 Å². The van der Waals surface area contributed by atoms with Gasteiger partial charge in [-0.3, -0.25) is 4.79 Å². The Morgan fingerprint density at radius 3 is 2.76 bits per heavy atom. The Morgan fingerprint density at radius 2 is 2.18 bits per heavy atom. The number of carbonyl (C=O) groups is 1. The molecule has 0 fully saturated rings. The Kier molecular flexibility index (Phi) is 5.00. The third-order valence-electron chi connectivity index (χ3n) is 2.00. The van der Waals surface area contributed by atoms with Crippen LogP contribution in [0.1, 0.15) is 25.8 Å². The molecule has 0 heterocycles. The van der Waals surface area contributed by atoms with Gasteiger partial charge in [0, 0.05) is 6.42 Å². The van der Waals surface area contributed by atoms with E-state index >= 15 is 0 Å². The fourth-order valence-corrected chi connectivity index (χ4v) is 1.24. The quantitative estimate of drug-likeness (QED) is 0.277. The summed E-state index contributed by atoms with van der Waals surface area (Å²) in [5.41, 5.74) is 0.784. The largest absolute Gasteiger partial charge is 0.490 e. The molecule has 1 rings (SSSR count). The molecule has 1 aromatic carbocycles. The molecule has 0 aliphatic rings. The van der Waals surface area contributed by atoms with Crippen LogP contribution in [0, 0.1) is 0 Å². The van der Waals surface area contributed by atoms with E-state index in [1.165, 1.54) is 6.21 Å². The predicted octanol–water partition coefficient (Wildman–Crippen LogP) is 1.69. The van der Waals surface area contributed by atoms with E-state index in [1.807, 2.05) is 6.92 Å². The minimum Gasteiger partial charge on any atom is -0.490 e. The minimum absolute atomic E-state index is 0.300. The lowest BCUT2D eigenvalue weighted by molar-refractivity contribution is -0.134. The van der Waals surface area contributed by atoms with Gasteiger partial charge in [-0.05, 0) is 30.7 Å². The van der Waals surface area contributed by atoms with E-state index in [0.717, 1.165) is 5.56 Å². The van der Waals surface area contributed by atoms with Gasteiger partial charge in [0.15, 0.2) is 11.5 Å². The molecule has 0 unspecified atom stereocenters. The average Bonchev–Trinajstić information content (AvgIpc) is 2.33. The molecule has 5 heteroatoms. The summed E-state index contributed by atoms with van der Waals surface area (Å²) >= 11 is 0. The molecule has 0 atom stereocenters. The summed E-state index contributed by atoms with van der Waals surface area (Å²) in [7, 11) is 0. The molecule has 0 aromatic heterocycles. The third-order valence-corrected chi connectivity index (χ3v) is 2.00. The zero-order valence-electron chi connectivity index (χ0n) is 9.97. The van der Waals surface area contributed by atoms with Crippen molar-refractivity contribution in [3.63, 3.8) is 0 Å². The van der Waals surface area contributed by atoms with Crippen molar-refractivity contribution in [2.45, 2.75) is 20.3 Å². The highest BCUT2D eigenvalue weighted by Gasteiger charge is 2.09. The highest BCUT2D eigenvalue weighted by Crippen LogP contribution is 2.28. The lowest BCUT2D eigenvalue weighted by Gasteiger charge is -2.10. The SMILES string of the molecule is CCOc1cc(C=NN)ccc1OC(=O)CC. The van der Waals surface area contributed by atoms with Crippen LogP contribution in [0.4, 0.5) is 0 Å². The van der Waals surface area contributed by atoms with E-state index in [1.54, 1.807) is 25.1 Å². The smallest absolute Gasteiger partial charge is 0.311 e. The van der Waals surface area contributed by atoms with Crippen LogP contribution in [0.25, 0.3) is 0 Å². The molecule has 0 amide bonds. The van der Waals surface area contributed by atoms with Crippen molar-refractivity contribution < 1.29 is 14.3 Å². The average molecular weight is 236 g/mol. The molecule has 0 saturated carbocycles. The van der Waals surface area contributed by atoms with Crippen molar-refractivity contribution >= 4 is 12.2 Å². The van der Waals surface area contributed by atoms with Crippen LogP contribution in [-0.4, -0.2) is 18.8 Å². The maximum Gasteiger partial charge on any atom is 0.311 e. The molecule has 0 aliphatic heterocycles. The number of ether oxygens (including phenoxy) is 2. The number of rotatable bonds is 5. The zero-order valence-corrected chi connectivity index (χ0v) is 9.97. The topological polar surface area (TPSA) is 73.9 Å². The van der Waals surface area contributed by atoms with Gasteiger partial charge in [-0.2, -0.15) is 5.10 Å². The first-order valence-electron chi connectivity index (χ1n) is 5.42. The van der Waals surface area contributed by atoms with E-state index in [0.29, 0.717) is 24.5 Å². The van der Waals surface area contributed by atoms with E-state index < -0.39 is 0 Å². The van der Waals surface area contributed by atoms with Crippen molar-refractivity contribution in [2.24, 2.45) is 10.9 Å². The van der Waals surface area contributed by atoms with Gasteiger partial charge in [0.25, 0.3) is 0 Å². The molecule has 1 aromatic rings. The van der Waals surface area contributed by atoms with Crippen LogP contribution in [0.2, 0.25) is 0 Å². The highest BCUT2D eigenvalue weighted by molar-refractivity contribution is 5.81. The van der Waals surface area contributed by atoms with E-state index in [9.17, 15) is 4.79 Å². The van der Waals surface area contributed by atoms with Gasteiger partial charge in [0.1, 0.15) is 0 Å². The summed E-state index contributed by atoms with van der Waals surface area (Å²) < 4.78 is 10.5. The number of nitrogens with two attached hydrogens (primary N) is 1. The predicted molar refractivity (Wildman–Crippen MR) is 65.3 cm³/mol. The first-order valence-corrected chi connectivity index (χ1v) is 5.42. The maximum atomic E-state index is 11.2. The third kappa shape index (κ3) is 3.79. The first-order chi connectivity index (χ1) is 8.21. The summed E-state index contributed by atoms with van der Waals surface area (Å²) in [5, 5.41) is 3.43. The molecule has 0 bridgehead atoms. The second-order valence-corrected chi connectivity index (χ2v) is 3.24. The monoisotopic (exact) mass is 236 g/mol. The van der Waals surface area contributed by atoms with E-state index in [4.69, 9.17) is 15.3 Å². The maximum absolute atomic E-state index is 11.2. The van der Waals surface area contributed by atoms with Gasteiger partial charge in [-0.15, -0.1) is 0 Å². The lowest BCUT2D eigenvalue weighted by Crippen LogP contribution is -2.07. The molecular formula is C12H16N2O3. The summed E-state index contributed by atoms with van der Waals surface area (Å²) in [6, 6.07) is 5.13. The zero-order chi connectivity index (χ0) is 12.7. The lowest BCUT2D eigenvalue weighted by atomic mass is 10.2. The van der Waals surface area contributed by atoms with Crippen LogP contribution >= 0.6 is 0 Å². The van der Waals surface area contributed by atoms with Crippen molar-refractivity contribution in [1.29, 1.82) is 0 Å². The van der Waals surface area contributed by atoms with Gasteiger partial charge in [0.2, 0.25) is 0 Å². The molecule has 0 spiro atoms. The number of hydrazone groups is 1. The number of hydrogen-bond acceptors (Lipinski definition) is 5. The Balaban J connectivity index is 2.99. The summed E-state index contributed by atoms with van der Waals surface area (Å²) in [5.74, 6) is 5.68. The van der Waals surface area contributed by atoms with Gasteiger partial charge in [-0.25, -0.2) is 0 Å². The second kappa shape index (κ2) is 6.52. The van der Waals surface area contributed by atoms with Crippen LogP contribution < -0.4 is 15.3 Å². The Labute approximate surface area is 100 Å². The van der Waals surface area contributed by atoms with Crippen molar-refractivity contribution in [3.8, 4) is 11.5 Å². The molecule has 92 valence electrons. The second-order valence-electron chi connectivity index (χ2n) is 3.24. The van der Waals surface area contributed by atoms with Crippen LogP contribution in [0.3, 0.4) is 0 Å². The molecule has 17 heavy (non-hydrogen) atoms. The standard InChI is InChI=1S/C12H16N2O3/c1-3-12(15)17-10-6-5-9(8-14-13)7-11(10)16-4-2/h5-8H,3-4,13H2,1-2H3. The molecule has 0 radical (unpaired) electrons. The van der Waals surface area contributed by atoms with Gasteiger partial charge >= 0.3 is 5.97 Å². The van der Waals surface area contributed by atoms with Gasteiger partial charge < -0.3 is 15.3 Å². The minimum atomic E-state index is -0.300. The number of hydrogen-bond donors (Lipinski definition) is 1. The van der Waals surface area contributed by atoms with Crippen molar-refractivity contribution in [1.82, 2.24) is 0 Å². The Morgan fingerprint density at radius 1 is 1.41 bits per heavy atom. The summed E-state index contributed by atoms with van der Waals surface area (Å²) in [6.07, 6.45) is 1.81. The van der Waals surface area contributed by atoms with Crippen molar-refractivity contribution in [3.05, 3.63) is 23.8 Å². The Bertz CT molecular complexity index is 416. The highest BCUT2D eigenvalue weighted by atomic mass is 16.6. The number of benzene rings is 1.